The summed E-state index contributed by atoms with van der Waals surface area (Å²) in [5.74, 6) is 0.502. The van der Waals surface area contributed by atoms with Crippen LogP contribution in [0.2, 0.25) is 0 Å². The average molecular weight is 207 g/mol. The number of nitrogen functional groups attached to an aromatic ring is 1. The van der Waals surface area contributed by atoms with Gasteiger partial charge in [0.15, 0.2) is 0 Å². The number of rotatable bonds is 2. The van der Waals surface area contributed by atoms with Crippen molar-refractivity contribution in [3.05, 3.63) is 24.3 Å². The first-order chi connectivity index (χ1) is 6.79. The summed E-state index contributed by atoms with van der Waals surface area (Å²) in [6, 6.07) is 7.36. The Morgan fingerprint density at radius 2 is 2.21 bits per heavy atom. The molecular weight excluding hydrogens is 198 g/mol. The lowest BCUT2D eigenvalue weighted by atomic mass is 10.2. The van der Waals surface area contributed by atoms with Gasteiger partial charge in [0.25, 0.3) is 5.22 Å². The summed E-state index contributed by atoms with van der Waals surface area (Å²) in [6.07, 6.45) is 1.89. The van der Waals surface area contributed by atoms with Crippen molar-refractivity contribution >= 4 is 17.4 Å². The molecule has 14 heavy (non-hydrogen) atoms. The maximum atomic E-state index is 5.64. The van der Waals surface area contributed by atoms with Gasteiger partial charge < -0.3 is 10.2 Å². The van der Waals surface area contributed by atoms with Crippen LogP contribution in [0.4, 0.5) is 5.69 Å². The van der Waals surface area contributed by atoms with E-state index >= 15 is 0 Å². The van der Waals surface area contributed by atoms with Gasteiger partial charge in [-0.1, -0.05) is 17.8 Å². The molecule has 0 bridgehead atoms. The Bertz CT molecular complexity index is 441. The minimum atomic E-state index is 0.502. The van der Waals surface area contributed by atoms with Crippen LogP contribution in [0.5, 0.6) is 0 Å². The molecule has 0 saturated carbocycles. The summed E-state index contributed by atoms with van der Waals surface area (Å²) in [5, 5.41) is 8.31. The molecule has 0 amide bonds. The molecule has 2 N–H and O–H groups in total. The highest BCUT2D eigenvalue weighted by atomic mass is 32.2. The smallest absolute Gasteiger partial charge is 0.276 e. The summed E-state index contributed by atoms with van der Waals surface area (Å²) in [4.78, 5) is 0. The summed E-state index contributed by atoms with van der Waals surface area (Å²) >= 11 is 1.42. The Morgan fingerprint density at radius 3 is 2.86 bits per heavy atom. The van der Waals surface area contributed by atoms with Crippen LogP contribution in [-0.2, 0) is 0 Å². The fraction of sp³-hybridized carbons (Fsp3) is 0.111. The number of thioether (sulfide) groups is 1. The van der Waals surface area contributed by atoms with Gasteiger partial charge in [-0.15, -0.1) is 10.2 Å². The van der Waals surface area contributed by atoms with Gasteiger partial charge in [0.2, 0.25) is 5.89 Å². The molecule has 0 atom stereocenters. The van der Waals surface area contributed by atoms with Gasteiger partial charge >= 0.3 is 0 Å². The van der Waals surface area contributed by atoms with E-state index < -0.39 is 0 Å². The molecule has 2 rings (SSSR count). The van der Waals surface area contributed by atoms with Crippen LogP contribution in [0.1, 0.15) is 0 Å². The van der Waals surface area contributed by atoms with Crippen LogP contribution in [0.3, 0.4) is 0 Å². The second kappa shape index (κ2) is 3.71. The molecule has 4 nitrogen and oxygen atoms in total. The summed E-state index contributed by atoms with van der Waals surface area (Å²) < 4.78 is 5.36. The zero-order valence-corrected chi connectivity index (χ0v) is 8.41. The first-order valence-electron chi connectivity index (χ1n) is 4.03. The van der Waals surface area contributed by atoms with E-state index in [9.17, 15) is 0 Å². The molecule has 0 aliphatic heterocycles. The molecule has 2 aromatic rings. The van der Waals surface area contributed by atoms with E-state index in [0.29, 0.717) is 16.8 Å². The van der Waals surface area contributed by atoms with E-state index in [1.807, 2.05) is 24.5 Å². The van der Waals surface area contributed by atoms with Crippen molar-refractivity contribution in [1.29, 1.82) is 0 Å². The molecule has 1 aromatic heterocycles. The molecule has 0 aliphatic rings. The SMILES string of the molecule is CSc1nnc(-c2cccc(N)c2)o1. The maximum Gasteiger partial charge on any atom is 0.276 e. The molecular formula is C9H9N3OS. The van der Waals surface area contributed by atoms with Crippen molar-refractivity contribution in [1.82, 2.24) is 10.2 Å². The van der Waals surface area contributed by atoms with Gasteiger partial charge in [-0.2, -0.15) is 0 Å². The monoisotopic (exact) mass is 207 g/mol. The topological polar surface area (TPSA) is 64.9 Å². The lowest BCUT2D eigenvalue weighted by Gasteiger charge is -1.95. The predicted octanol–water partition coefficient (Wildman–Crippen LogP) is 2.04. The van der Waals surface area contributed by atoms with Crippen LogP contribution in [0, 0.1) is 0 Å². The standard InChI is InChI=1S/C9H9N3OS/c1-14-9-12-11-8(13-9)6-3-2-4-7(10)5-6/h2-5H,10H2,1H3. The van der Waals surface area contributed by atoms with Gasteiger partial charge in [0.1, 0.15) is 0 Å². The van der Waals surface area contributed by atoms with Gasteiger partial charge in [-0.3, -0.25) is 0 Å². The highest BCUT2D eigenvalue weighted by molar-refractivity contribution is 7.98. The van der Waals surface area contributed by atoms with E-state index in [4.69, 9.17) is 10.2 Å². The van der Waals surface area contributed by atoms with Gasteiger partial charge in [0.05, 0.1) is 0 Å². The first kappa shape index (κ1) is 9.08. The molecule has 1 aromatic carbocycles. The molecule has 0 spiro atoms. The molecule has 0 fully saturated rings. The third-order valence-corrected chi connectivity index (χ3v) is 2.23. The van der Waals surface area contributed by atoms with E-state index in [2.05, 4.69) is 10.2 Å². The number of aromatic nitrogens is 2. The molecule has 0 unspecified atom stereocenters. The van der Waals surface area contributed by atoms with Crippen molar-refractivity contribution in [2.45, 2.75) is 5.22 Å². The number of benzene rings is 1. The predicted molar refractivity (Wildman–Crippen MR) is 55.9 cm³/mol. The number of anilines is 1. The van der Waals surface area contributed by atoms with E-state index in [1.54, 1.807) is 6.07 Å². The number of hydrogen-bond acceptors (Lipinski definition) is 5. The van der Waals surface area contributed by atoms with Crippen LogP contribution >= 0.6 is 11.8 Å². The normalized spacial score (nSPS) is 10.4. The molecule has 0 radical (unpaired) electrons. The Balaban J connectivity index is 2.39. The van der Waals surface area contributed by atoms with Gasteiger partial charge in [-0.05, 0) is 24.5 Å². The van der Waals surface area contributed by atoms with Crippen molar-refractivity contribution in [2.24, 2.45) is 0 Å². The Hall–Kier alpha value is -1.49. The van der Waals surface area contributed by atoms with Crippen LogP contribution < -0.4 is 5.73 Å². The fourth-order valence-electron chi connectivity index (χ4n) is 1.08. The lowest BCUT2D eigenvalue weighted by molar-refractivity contribution is 0.466. The number of nitrogens with zero attached hydrogens (tertiary/aromatic N) is 2. The minimum Gasteiger partial charge on any atom is -0.411 e. The quantitative estimate of drug-likeness (QED) is 0.603. The zero-order valence-electron chi connectivity index (χ0n) is 7.60. The third-order valence-electron chi connectivity index (χ3n) is 1.71. The molecule has 1 heterocycles. The van der Waals surface area contributed by atoms with E-state index in [0.717, 1.165) is 5.56 Å². The van der Waals surface area contributed by atoms with Crippen molar-refractivity contribution < 1.29 is 4.42 Å². The minimum absolute atomic E-state index is 0.502. The van der Waals surface area contributed by atoms with E-state index in [-0.39, 0.29) is 0 Å². The Labute approximate surface area is 85.5 Å². The van der Waals surface area contributed by atoms with Crippen molar-refractivity contribution in [2.75, 3.05) is 12.0 Å². The lowest BCUT2D eigenvalue weighted by Crippen LogP contribution is -1.84. The summed E-state index contributed by atoms with van der Waals surface area (Å²) in [7, 11) is 0. The zero-order chi connectivity index (χ0) is 9.97. The number of nitrogens with two attached hydrogens (primary N) is 1. The fourth-order valence-corrected chi connectivity index (χ4v) is 1.37. The Kier molecular flexibility index (Phi) is 2.41. The molecule has 0 aliphatic carbocycles. The van der Waals surface area contributed by atoms with Crippen molar-refractivity contribution in [3.8, 4) is 11.5 Å². The van der Waals surface area contributed by atoms with Crippen molar-refractivity contribution in [3.63, 3.8) is 0 Å². The highest BCUT2D eigenvalue weighted by Crippen LogP contribution is 2.22. The molecule has 72 valence electrons. The number of hydrogen-bond donors (Lipinski definition) is 1. The second-order valence-electron chi connectivity index (χ2n) is 2.70. The Morgan fingerprint density at radius 1 is 1.36 bits per heavy atom. The van der Waals surface area contributed by atoms with E-state index in [1.165, 1.54) is 11.8 Å². The third kappa shape index (κ3) is 1.72. The van der Waals surface area contributed by atoms with Gasteiger partial charge in [-0.25, -0.2) is 0 Å². The molecule has 0 saturated heterocycles. The van der Waals surface area contributed by atoms with Crippen LogP contribution in [0.25, 0.3) is 11.5 Å². The summed E-state index contributed by atoms with van der Waals surface area (Å²) in [6.45, 7) is 0. The largest absolute Gasteiger partial charge is 0.411 e. The first-order valence-corrected chi connectivity index (χ1v) is 5.25. The summed E-state index contributed by atoms with van der Waals surface area (Å²) in [5.41, 5.74) is 7.17. The molecule has 5 heteroatoms. The highest BCUT2D eigenvalue weighted by Gasteiger charge is 2.06. The van der Waals surface area contributed by atoms with Gasteiger partial charge in [0, 0.05) is 11.3 Å². The maximum absolute atomic E-state index is 5.64. The second-order valence-corrected chi connectivity index (χ2v) is 3.46. The average Bonchev–Trinajstić information content (AvgIpc) is 2.66. The van der Waals surface area contributed by atoms with Crippen LogP contribution in [0.15, 0.2) is 33.9 Å². The van der Waals surface area contributed by atoms with Crippen LogP contribution in [-0.4, -0.2) is 16.5 Å².